The van der Waals surface area contributed by atoms with Crippen molar-refractivity contribution in [3.05, 3.63) is 36.5 Å². The second kappa shape index (κ2) is 4.75. The van der Waals surface area contributed by atoms with Gasteiger partial charge in [-0.25, -0.2) is 4.98 Å². The van der Waals surface area contributed by atoms with E-state index in [1.165, 1.54) is 19.2 Å². The minimum absolute atomic E-state index is 0.177. The number of ether oxygens (including phenoxy) is 1. The molecule has 0 aliphatic rings. The third-order valence-corrected chi connectivity index (χ3v) is 2.56. The van der Waals surface area contributed by atoms with E-state index in [2.05, 4.69) is 11.6 Å². The van der Waals surface area contributed by atoms with E-state index in [1.807, 2.05) is 0 Å². The molecular weight excluding hydrogens is 235 g/mol. The zero-order chi connectivity index (χ0) is 13.1. The van der Waals surface area contributed by atoms with Gasteiger partial charge in [-0.15, -0.1) is 6.58 Å². The zero-order valence-electron chi connectivity index (χ0n) is 9.16. The number of alkyl halides is 3. The Morgan fingerprint density at radius 3 is 2.41 bits per heavy atom. The Morgan fingerprint density at radius 1 is 1.47 bits per heavy atom. The Morgan fingerprint density at radius 2 is 2.12 bits per heavy atom. The van der Waals surface area contributed by atoms with Crippen molar-refractivity contribution >= 4 is 0 Å². The first-order valence-electron chi connectivity index (χ1n) is 4.73. The summed E-state index contributed by atoms with van der Waals surface area (Å²) in [6.07, 6.45) is -2.94. The summed E-state index contributed by atoms with van der Waals surface area (Å²) < 4.78 is 43.6. The maximum Gasteiger partial charge on any atom is 0.404 e. The van der Waals surface area contributed by atoms with Gasteiger partial charge in [0, 0.05) is 12.3 Å². The van der Waals surface area contributed by atoms with Crippen molar-refractivity contribution in [2.75, 3.05) is 13.7 Å². The highest BCUT2D eigenvalue weighted by molar-refractivity contribution is 5.33. The van der Waals surface area contributed by atoms with Crippen molar-refractivity contribution < 1.29 is 23.0 Å². The number of halogens is 3. The van der Waals surface area contributed by atoms with Gasteiger partial charge in [0.1, 0.15) is 5.41 Å². The molecule has 0 saturated heterocycles. The lowest BCUT2D eigenvalue weighted by Gasteiger charge is -2.30. The van der Waals surface area contributed by atoms with Crippen LogP contribution in [0.2, 0.25) is 0 Å². The fourth-order valence-electron chi connectivity index (χ4n) is 1.41. The number of aromatic nitrogens is 1. The van der Waals surface area contributed by atoms with Crippen LogP contribution in [-0.2, 0) is 5.41 Å². The van der Waals surface area contributed by atoms with Crippen LogP contribution in [0.5, 0.6) is 5.88 Å². The van der Waals surface area contributed by atoms with Crippen molar-refractivity contribution in [3.63, 3.8) is 0 Å². The quantitative estimate of drug-likeness (QED) is 0.828. The first-order chi connectivity index (χ1) is 7.91. The fraction of sp³-hybridized carbons (Fsp3) is 0.364. The van der Waals surface area contributed by atoms with E-state index in [-0.39, 0.29) is 11.4 Å². The molecule has 94 valence electrons. The van der Waals surface area contributed by atoms with Crippen LogP contribution in [0.25, 0.3) is 0 Å². The summed E-state index contributed by atoms with van der Waals surface area (Å²) in [4.78, 5) is 3.69. The number of nitrogens with zero attached hydrogens (tertiary/aromatic N) is 1. The largest absolute Gasteiger partial charge is 0.481 e. The third-order valence-electron chi connectivity index (χ3n) is 2.56. The van der Waals surface area contributed by atoms with Gasteiger partial charge in [0.2, 0.25) is 5.88 Å². The molecule has 1 heterocycles. The maximum atomic E-state index is 13.0. The van der Waals surface area contributed by atoms with E-state index < -0.39 is 18.2 Å². The Kier molecular flexibility index (Phi) is 3.77. The van der Waals surface area contributed by atoms with E-state index in [1.54, 1.807) is 0 Å². The van der Waals surface area contributed by atoms with Crippen molar-refractivity contribution in [1.29, 1.82) is 0 Å². The first-order valence-corrected chi connectivity index (χ1v) is 4.73. The van der Waals surface area contributed by atoms with Crippen LogP contribution >= 0.6 is 0 Å². The summed E-state index contributed by atoms with van der Waals surface area (Å²) in [5.41, 5.74) is -2.67. The first kappa shape index (κ1) is 13.5. The molecule has 6 heteroatoms. The SMILES string of the molecule is C=C[C@@](CO)(c1ccc(OC)nc1)C(F)(F)F. The smallest absolute Gasteiger partial charge is 0.404 e. The molecule has 1 atom stereocenters. The highest BCUT2D eigenvalue weighted by Gasteiger charge is 2.53. The Bertz CT molecular complexity index is 389. The molecule has 0 saturated carbocycles. The number of aliphatic hydroxyl groups excluding tert-OH is 1. The average molecular weight is 247 g/mol. The standard InChI is InChI=1S/C11H12F3NO2/c1-3-10(7-16,11(12,13)14)8-4-5-9(17-2)15-6-8/h3-6,16H,1,7H2,2H3/t10-/m1/s1. The highest BCUT2D eigenvalue weighted by atomic mass is 19.4. The van der Waals surface area contributed by atoms with Crippen molar-refractivity contribution in [2.45, 2.75) is 11.6 Å². The van der Waals surface area contributed by atoms with Crippen molar-refractivity contribution in [1.82, 2.24) is 4.98 Å². The zero-order valence-corrected chi connectivity index (χ0v) is 9.16. The minimum Gasteiger partial charge on any atom is -0.481 e. The van der Waals surface area contributed by atoms with Crippen LogP contribution in [0.15, 0.2) is 31.0 Å². The molecular formula is C11H12F3NO2. The number of hydrogen-bond donors (Lipinski definition) is 1. The van der Waals surface area contributed by atoms with Crippen LogP contribution < -0.4 is 4.74 Å². The van der Waals surface area contributed by atoms with E-state index in [9.17, 15) is 13.2 Å². The molecule has 0 spiro atoms. The van der Waals surface area contributed by atoms with E-state index >= 15 is 0 Å². The van der Waals surface area contributed by atoms with Gasteiger partial charge in [-0.05, 0) is 5.56 Å². The molecule has 17 heavy (non-hydrogen) atoms. The molecule has 1 aromatic rings. The van der Waals surface area contributed by atoms with E-state index in [0.717, 1.165) is 6.20 Å². The summed E-state index contributed by atoms with van der Waals surface area (Å²) in [6, 6.07) is 2.51. The van der Waals surface area contributed by atoms with Crippen LogP contribution in [0.1, 0.15) is 5.56 Å². The number of hydrogen-bond acceptors (Lipinski definition) is 3. The van der Waals surface area contributed by atoms with Crippen molar-refractivity contribution in [3.8, 4) is 5.88 Å². The topological polar surface area (TPSA) is 42.4 Å². The van der Waals surface area contributed by atoms with Gasteiger partial charge >= 0.3 is 6.18 Å². The fourth-order valence-corrected chi connectivity index (χ4v) is 1.41. The molecule has 3 nitrogen and oxygen atoms in total. The number of rotatable bonds is 4. The molecule has 0 amide bonds. The maximum absolute atomic E-state index is 13.0. The molecule has 1 aromatic heterocycles. The van der Waals surface area contributed by atoms with Gasteiger partial charge < -0.3 is 9.84 Å². The lowest BCUT2D eigenvalue weighted by atomic mass is 9.81. The number of pyridine rings is 1. The van der Waals surface area contributed by atoms with E-state index in [0.29, 0.717) is 6.08 Å². The third kappa shape index (κ3) is 2.26. The Hall–Kier alpha value is -1.56. The summed E-state index contributed by atoms with van der Waals surface area (Å²) in [5, 5.41) is 9.04. The lowest BCUT2D eigenvalue weighted by molar-refractivity contribution is -0.185. The van der Waals surface area contributed by atoms with Gasteiger partial charge in [-0.2, -0.15) is 13.2 Å². The second-order valence-electron chi connectivity index (χ2n) is 3.42. The monoisotopic (exact) mass is 247 g/mol. The van der Waals surface area contributed by atoms with Crippen molar-refractivity contribution in [2.24, 2.45) is 0 Å². The second-order valence-corrected chi connectivity index (χ2v) is 3.42. The average Bonchev–Trinajstić information content (AvgIpc) is 2.30. The Labute approximate surface area is 96.6 Å². The summed E-state index contributed by atoms with van der Waals surface area (Å²) >= 11 is 0. The van der Waals surface area contributed by atoms with Gasteiger partial charge in [-0.1, -0.05) is 12.1 Å². The molecule has 1 rings (SSSR count). The van der Waals surface area contributed by atoms with Crippen LogP contribution in [0.4, 0.5) is 13.2 Å². The molecule has 0 fully saturated rings. The van der Waals surface area contributed by atoms with Gasteiger partial charge in [-0.3, -0.25) is 0 Å². The Balaban J connectivity index is 3.27. The van der Waals surface area contributed by atoms with E-state index in [4.69, 9.17) is 9.84 Å². The van der Waals surface area contributed by atoms with Crippen LogP contribution in [0, 0.1) is 0 Å². The van der Waals surface area contributed by atoms with Gasteiger partial charge in [0.15, 0.2) is 0 Å². The predicted molar refractivity (Wildman–Crippen MR) is 55.8 cm³/mol. The van der Waals surface area contributed by atoms with Crippen LogP contribution in [0.3, 0.4) is 0 Å². The van der Waals surface area contributed by atoms with Gasteiger partial charge in [0.25, 0.3) is 0 Å². The minimum atomic E-state index is -4.64. The predicted octanol–water partition coefficient (Wildman–Crippen LogP) is 2.07. The van der Waals surface area contributed by atoms with Gasteiger partial charge in [0.05, 0.1) is 13.7 Å². The summed E-state index contributed by atoms with van der Waals surface area (Å²) in [7, 11) is 1.36. The normalized spacial score (nSPS) is 15.1. The van der Waals surface area contributed by atoms with Crippen LogP contribution in [-0.4, -0.2) is 30.0 Å². The molecule has 0 aromatic carbocycles. The molecule has 0 aliphatic carbocycles. The molecule has 1 N–H and O–H groups in total. The summed E-state index contributed by atoms with van der Waals surface area (Å²) in [5.74, 6) is 0.201. The molecule has 0 aliphatic heterocycles. The number of methoxy groups -OCH3 is 1. The lowest BCUT2D eigenvalue weighted by Crippen LogP contribution is -2.43. The number of aliphatic hydroxyl groups is 1. The molecule has 0 bridgehead atoms. The summed E-state index contributed by atoms with van der Waals surface area (Å²) in [6.45, 7) is 2.03. The molecule has 0 unspecified atom stereocenters. The highest BCUT2D eigenvalue weighted by Crippen LogP contribution is 2.41. The molecule has 0 radical (unpaired) electrons.